The van der Waals surface area contributed by atoms with E-state index in [1.807, 2.05) is 29.2 Å². The molecule has 1 unspecified atom stereocenters. The van der Waals surface area contributed by atoms with E-state index in [4.69, 9.17) is 0 Å². The minimum atomic E-state index is -0.291. The highest BCUT2D eigenvalue weighted by atomic mass is 19.1. The van der Waals surface area contributed by atoms with Crippen LogP contribution in [0.1, 0.15) is 18.9 Å². The molecule has 1 aliphatic heterocycles. The van der Waals surface area contributed by atoms with Crippen molar-refractivity contribution in [2.24, 2.45) is 0 Å². The van der Waals surface area contributed by atoms with Crippen LogP contribution in [0.3, 0.4) is 0 Å². The van der Waals surface area contributed by atoms with Gasteiger partial charge in [-0.1, -0.05) is 37.3 Å². The van der Waals surface area contributed by atoms with Crippen LogP contribution in [0.25, 0.3) is 0 Å². The van der Waals surface area contributed by atoms with E-state index in [-0.39, 0.29) is 24.2 Å². The lowest BCUT2D eigenvalue weighted by molar-refractivity contribution is -0.133. The van der Waals surface area contributed by atoms with Crippen molar-refractivity contribution in [3.8, 4) is 0 Å². The van der Waals surface area contributed by atoms with Gasteiger partial charge >= 0.3 is 0 Å². The summed E-state index contributed by atoms with van der Waals surface area (Å²) in [7, 11) is 0. The third-order valence-electron chi connectivity index (χ3n) is 4.64. The van der Waals surface area contributed by atoms with Crippen LogP contribution in [0.4, 0.5) is 10.1 Å². The smallest absolute Gasteiger partial charge is 0.227 e. The molecule has 1 fully saturated rings. The Bertz CT molecular complexity index is 689. The van der Waals surface area contributed by atoms with Gasteiger partial charge in [-0.3, -0.25) is 4.79 Å². The summed E-state index contributed by atoms with van der Waals surface area (Å²) in [5.41, 5.74) is 1.94. The molecule has 0 radical (unpaired) electrons. The van der Waals surface area contributed by atoms with E-state index >= 15 is 0 Å². The molecular formula is C20H23FN2O. The van der Waals surface area contributed by atoms with Gasteiger partial charge in [-0.05, 0) is 36.2 Å². The molecule has 0 aliphatic carbocycles. The third-order valence-corrected chi connectivity index (χ3v) is 4.64. The maximum Gasteiger partial charge on any atom is 0.227 e. The lowest BCUT2D eigenvalue weighted by Gasteiger charge is -2.42. The number of benzene rings is 2. The number of amides is 1. The highest BCUT2D eigenvalue weighted by Gasteiger charge is 2.29. The Kier molecular flexibility index (Phi) is 5.14. The van der Waals surface area contributed by atoms with Crippen LogP contribution in [-0.4, -0.2) is 36.5 Å². The predicted octanol–water partition coefficient (Wildman–Crippen LogP) is 3.50. The van der Waals surface area contributed by atoms with Gasteiger partial charge in [0.2, 0.25) is 5.91 Å². The summed E-state index contributed by atoms with van der Waals surface area (Å²) in [4.78, 5) is 17.0. The van der Waals surface area contributed by atoms with Crippen molar-refractivity contribution < 1.29 is 9.18 Å². The Morgan fingerprint density at radius 2 is 1.92 bits per heavy atom. The molecule has 0 N–H and O–H groups in total. The van der Waals surface area contributed by atoms with Crippen LogP contribution in [0.15, 0.2) is 54.6 Å². The minimum absolute atomic E-state index is 0.0835. The number of carbonyl (C=O) groups is 1. The second-order valence-corrected chi connectivity index (χ2v) is 6.24. The minimum Gasteiger partial charge on any atom is -0.368 e. The van der Waals surface area contributed by atoms with Gasteiger partial charge in [-0.15, -0.1) is 0 Å². The topological polar surface area (TPSA) is 23.6 Å². The van der Waals surface area contributed by atoms with E-state index in [1.165, 1.54) is 17.8 Å². The van der Waals surface area contributed by atoms with Gasteiger partial charge in [0, 0.05) is 31.4 Å². The largest absolute Gasteiger partial charge is 0.368 e. The number of anilines is 1. The SMILES string of the molecule is CCC1CN(c2ccccc2)CCN1C(=O)Cc1cccc(F)c1. The van der Waals surface area contributed by atoms with Gasteiger partial charge in [0.25, 0.3) is 0 Å². The van der Waals surface area contributed by atoms with E-state index in [0.717, 1.165) is 25.1 Å². The molecule has 1 heterocycles. The Morgan fingerprint density at radius 1 is 1.12 bits per heavy atom. The molecule has 0 saturated carbocycles. The van der Waals surface area contributed by atoms with Gasteiger partial charge < -0.3 is 9.80 Å². The van der Waals surface area contributed by atoms with E-state index in [9.17, 15) is 9.18 Å². The molecule has 1 aliphatic rings. The van der Waals surface area contributed by atoms with Crippen LogP contribution >= 0.6 is 0 Å². The fourth-order valence-corrected chi connectivity index (χ4v) is 3.33. The molecule has 2 aromatic carbocycles. The maximum atomic E-state index is 13.3. The number of hydrogen-bond donors (Lipinski definition) is 0. The first-order valence-corrected chi connectivity index (χ1v) is 8.51. The number of piperazine rings is 1. The van der Waals surface area contributed by atoms with E-state index < -0.39 is 0 Å². The molecule has 1 amide bonds. The summed E-state index contributed by atoms with van der Waals surface area (Å²) < 4.78 is 13.3. The van der Waals surface area contributed by atoms with E-state index in [1.54, 1.807) is 6.07 Å². The molecule has 126 valence electrons. The summed E-state index contributed by atoms with van der Waals surface area (Å²) in [6.45, 7) is 4.49. The molecule has 3 rings (SSSR count). The second kappa shape index (κ2) is 7.47. The number of para-hydroxylation sites is 1. The van der Waals surface area contributed by atoms with Gasteiger partial charge in [0.15, 0.2) is 0 Å². The quantitative estimate of drug-likeness (QED) is 0.858. The van der Waals surface area contributed by atoms with Crippen LogP contribution < -0.4 is 4.90 Å². The van der Waals surface area contributed by atoms with Crippen molar-refractivity contribution >= 4 is 11.6 Å². The van der Waals surface area contributed by atoms with Crippen LogP contribution in [0.5, 0.6) is 0 Å². The van der Waals surface area contributed by atoms with E-state index in [2.05, 4.69) is 24.0 Å². The van der Waals surface area contributed by atoms with Crippen molar-refractivity contribution in [2.45, 2.75) is 25.8 Å². The Balaban J connectivity index is 1.67. The first-order chi connectivity index (χ1) is 11.7. The van der Waals surface area contributed by atoms with Gasteiger partial charge in [0.1, 0.15) is 5.82 Å². The Labute approximate surface area is 142 Å². The van der Waals surface area contributed by atoms with Crippen molar-refractivity contribution in [3.05, 3.63) is 66.0 Å². The molecular weight excluding hydrogens is 303 g/mol. The number of halogens is 1. The average molecular weight is 326 g/mol. The van der Waals surface area contributed by atoms with Crippen molar-refractivity contribution in [2.75, 3.05) is 24.5 Å². The average Bonchev–Trinajstić information content (AvgIpc) is 2.62. The summed E-state index contributed by atoms with van der Waals surface area (Å²) in [6, 6.07) is 16.8. The zero-order valence-corrected chi connectivity index (χ0v) is 14.0. The van der Waals surface area contributed by atoms with Crippen molar-refractivity contribution in [1.29, 1.82) is 0 Å². The third kappa shape index (κ3) is 3.75. The van der Waals surface area contributed by atoms with E-state index in [0.29, 0.717) is 6.54 Å². The monoisotopic (exact) mass is 326 g/mol. The summed E-state index contributed by atoms with van der Waals surface area (Å²) >= 11 is 0. The van der Waals surface area contributed by atoms with Crippen molar-refractivity contribution in [1.82, 2.24) is 4.90 Å². The molecule has 24 heavy (non-hydrogen) atoms. The van der Waals surface area contributed by atoms with Gasteiger partial charge in [-0.25, -0.2) is 4.39 Å². The first kappa shape index (κ1) is 16.5. The number of hydrogen-bond acceptors (Lipinski definition) is 2. The highest BCUT2D eigenvalue weighted by Crippen LogP contribution is 2.21. The zero-order valence-electron chi connectivity index (χ0n) is 14.0. The summed E-state index contributed by atoms with van der Waals surface area (Å²) in [5, 5.41) is 0. The maximum absolute atomic E-state index is 13.3. The van der Waals surface area contributed by atoms with Crippen LogP contribution in [0, 0.1) is 5.82 Å². The summed E-state index contributed by atoms with van der Waals surface area (Å²) in [5.74, 6) is -0.207. The molecule has 0 aromatic heterocycles. The zero-order chi connectivity index (χ0) is 16.9. The number of carbonyl (C=O) groups excluding carboxylic acids is 1. The fraction of sp³-hybridized carbons (Fsp3) is 0.350. The van der Waals surface area contributed by atoms with Crippen LogP contribution in [0.2, 0.25) is 0 Å². The van der Waals surface area contributed by atoms with Gasteiger partial charge in [0.05, 0.1) is 6.42 Å². The molecule has 1 atom stereocenters. The fourth-order valence-electron chi connectivity index (χ4n) is 3.33. The first-order valence-electron chi connectivity index (χ1n) is 8.51. The lowest BCUT2D eigenvalue weighted by atomic mass is 10.1. The second-order valence-electron chi connectivity index (χ2n) is 6.24. The summed E-state index contributed by atoms with van der Waals surface area (Å²) in [6.07, 6.45) is 1.18. The molecule has 0 bridgehead atoms. The standard InChI is InChI=1S/C20H23FN2O/c1-2-18-15-22(19-9-4-3-5-10-19)11-12-23(18)20(24)14-16-7-6-8-17(21)13-16/h3-10,13,18H,2,11-12,14-15H2,1H3. The number of rotatable bonds is 4. The number of nitrogens with zero attached hydrogens (tertiary/aromatic N) is 2. The molecule has 0 spiro atoms. The lowest BCUT2D eigenvalue weighted by Crippen LogP contribution is -2.55. The molecule has 2 aromatic rings. The Morgan fingerprint density at radius 3 is 2.62 bits per heavy atom. The molecule has 3 nitrogen and oxygen atoms in total. The molecule has 4 heteroatoms. The van der Waals surface area contributed by atoms with Crippen molar-refractivity contribution in [3.63, 3.8) is 0 Å². The Hall–Kier alpha value is -2.36. The molecule has 1 saturated heterocycles. The normalized spacial score (nSPS) is 17.8. The predicted molar refractivity (Wildman–Crippen MR) is 94.6 cm³/mol. The van der Waals surface area contributed by atoms with Crippen LogP contribution in [-0.2, 0) is 11.2 Å². The van der Waals surface area contributed by atoms with Gasteiger partial charge in [-0.2, -0.15) is 0 Å². The highest BCUT2D eigenvalue weighted by molar-refractivity contribution is 5.79.